The molecule has 0 aliphatic carbocycles. The molecule has 0 radical (unpaired) electrons. The van der Waals surface area contributed by atoms with Crippen molar-refractivity contribution in [1.82, 2.24) is 15.2 Å². The minimum Gasteiger partial charge on any atom is -0.447 e. The summed E-state index contributed by atoms with van der Waals surface area (Å²) in [5.74, 6) is -0.154. The van der Waals surface area contributed by atoms with E-state index in [2.05, 4.69) is 15.6 Å². The number of rotatable bonds is 6. The molecule has 3 rings (SSSR count). The van der Waals surface area contributed by atoms with Crippen molar-refractivity contribution in [2.75, 3.05) is 25.5 Å². The number of likely N-dealkylation sites (N-methyl/N-ethyl adjacent to an activating group) is 1. The summed E-state index contributed by atoms with van der Waals surface area (Å²) in [7, 11) is 1.57. The van der Waals surface area contributed by atoms with E-state index in [1.54, 1.807) is 37.4 Å². The molecule has 3 amide bonds. The maximum atomic E-state index is 13.3. The number of nitrogens with zero attached hydrogens (tertiary/aromatic N) is 2. The first-order valence-electron chi connectivity index (χ1n) is 9.24. The van der Waals surface area contributed by atoms with Gasteiger partial charge in [-0.25, -0.2) is 19.0 Å². The van der Waals surface area contributed by atoms with E-state index in [0.717, 1.165) is 5.39 Å². The lowest BCUT2D eigenvalue weighted by molar-refractivity contribution is 0.146. The topological polar surface area (TPSA) is 83.6 Å². The molecule has 0 saturated heterocycles. The summed E-state index contributed by atoms with van der Waals surface area (Å²) >= 11 is 12.0. The number of aromatic nitrogens is 1. The second-order valence-corrected chi connectivity index (χ2v) is 7.48. The van der Waals surface area contributed by atoms with Crippen molar-refractivity contribution in [3.05, 3.63) is 70.1 Å². The van der Waals surface area contributed by atoms with Crippen LogP contribution in [0.2, 0.25) is 10.0 Å². The van der Waals surface area contributed by atoms with Crippen LogP contribution in [-0.4, -0.2) is 42.2 Å². The van der Waals surface area contributed by atoms with Gasteiger partial charge in [0, 0.05) is 35.2 Å². The largest absolute Gasteiger partial charge is 0.447 e. The standard InChI is InChI=1S/C21H19Cl2FN4O3/c1-28(20(29)26-12-15-8-16(22)3-5-18(15)23)6-7-31-21(30)27-19-10-14-9-17(24)4-2-13(14)11-25-19/h2-5,8-11H,6-7,12H2,1H3,(H,26,29)(H,25,27,30). The van der Waals surface area contributed by atoms with Gasteiger partial charge in [-0.1, -0.05) is 23.2 Å². The number of halogens is 3. The first kappa shape index (κ1) is 22.6. The Morgan fingerprint density at radius 2 is 1.94 bits per heavy atom. The van der Waals surface area contributed by atoms with Crippen LogP contribution in [0, 0.1) is 5.82 Å². The quantitative estimate of drug-likeness (QED) is 0.533. The van der Waals surface area contributed by atoms with Crippen LogP contribution in [0.4, 0.5) is 19.8 Å². The van der Waals surface area contributed by atoms with Crippen molar-refractivity contribution in [2.45, 2.75) is 6.54 Å². The van der Waals surface area contributed by atoms with Crippen LogP contribution in [0.25, 0.3) is 10.8 Å². The van der Waals surface area contributed by atoms with Crippen molar-refractivity contribution < 1.29 is 18.7 Å². The highest BCUT2D eigenvalue weighted by atomic mass is 35.5. The highest BCUT2D eigenvalue weighted by Gasteiger charge is 2.11. The normalized spacial score (nSPS) is 10.6. The molecule has 0 bridgehead atoms. The van der Waals surface area contributed by atoms with Crippen LogP contribution in [0.5, 0.6) is 0 Å². The van der Waals surface area contributed by atoms with Crippen molar-refractivity contribution >= 4 is 51.9 Å². The fourth-order valence-electron chi connectivity index (χ4n) is 2.68. The van der Waals surface area contributed by atoms with Gasteiger partial charge in [-0.2, -0.15) is 0 Å². The molecule has 0 spiro atoms. The average Bonchev–Trinajstić information content (AvgIpc) is 2.73. The number of ether oxygens (including phenoxy) is 1. The van der Waals surface area contributed by atoms with Gasteiger partial charge >= 0.3 is 12.1 Å². The molecule has 31 heavy (non-hydrogen) atoms. The van der Waals surface area contributed by atoms with Crippen LogP contribution in [-0.2, 0) is 11.3 Å². The zero-order valence-corrected chi connectivity index (χ0v) is 18.0. The van der Waals surface area contributed by atoms with Gasteiger partial charge in [-0.15, -0.1) is 0 Å². The molecule has 162 valence electrons. The van der Waals surface area contributed by atoms with E-state index in [-0.39, 0.29) is 37.4 Å². The monoisotopic (exact) mass is 464 g/mol. The molecule has 2 aromatic carbocycles. The van der Waals surface area contributed by atoms with Crippen LogP contribution >= 0.6 is 23.2 Å². The van der Waals surface area contributed by atoms with Gasteiger partial charge in [-0.05, 0) is 53.4 Å². The molecule has 2 N–H and O–H groups in total. The predicted molar refractivity (Wildman–Crippen MR) is 118 cm³/mol. The number of benzene rings is 2. The van der Waals surface area contributed by atoms with Crippen molar-refractivity contribution in [3.63, 3.8) is 0 Å². The van der Waals surface area contributed by atoms with Gasteiger partial charge in [0.2, 0.25) is 0 Å². The van der Waals surface area contributed by atoms with E-state index in [1.165, 1.54) is 23.2 Å². The lowest BCUT2D eigenvalue weighted by Gasteiger charge is -2.18. The lowest BCUT2D eigenvalue weighted by atomic mass is 10.2. The molecule has 1 aromatic heterocycles. The van der Waals surface area contributed by atoms with Crippen LogP contribution in [0.15, 0.2) is 48.7 Å². The van der Waals surface area contributed by atoms with Crippen molar-refractivity contribution in [2.24, 2.45) is 0 Å². The minimum absolute atomic E-state index is 0.0319. The molecule has 0 saturated carbocycles. The zero-order chi connectivity index (χ0) is 22.4. The Bertz CT molecular complexity index is 1110. The third kappa shape index (κ3) is 6.44. The first-order chi connectivity index (χ1) is 14.8. The molecule has 7 nitrogen and oxygen atoms in total. The van der Waals surface area contributed by atoms with Crippen LogP contribution in [0.1, 0.15) is 5.56 Å². The molecular formula is C21H19Cl2FN4O3. The predicted octanol–water partition coefficient (Wildman–Crippen LogP) is 5.07. The van der Waals surface area contributed by atoms with Gasteiger partial charge < -0.3 is 15.0 Å². The Balaban J connectivity index is 1.43. The number of hydrogen-bond donors (Lipinski definition) is 2. The number of anilines is 1. The van der Waals surface area contributed by atoms with E-state index in [1.807, 2.05) is 0 Å². The van der Waals surface area contributed by atoms with Gasteiger partial charge in [-0.3, -0.25) is 5.32 Å². The molecular weight excluding hydrogens is 446 g/mol. The summed E-state index contributed by atoms with van der Waals surface area (Å²) < 4.78 is 18.4. The highest BCUT2D eigenvalue weighted by molar-refractivity contribution is 6.33. The maximum absolute atomic E-state index is 13.3. The maximum Gasteiger partial charge on any atom is 0.412 e. The Morgan fingerprint density at radius 1 is 1.13 bits per heavy atom. The Kier molecular flexibility index (Phi) is 7.49. The number of hydrogen-bond acceptors (Lipinski definition) is 4. The first-order valence-corrected chi connectivity index (χ1v) is 9.99. The minimum atomic E-state index is -0.734. The third-order valence-electron chi connectivity index (χ3n) is 4.36. The zero-order valence-electron chi connectivity index (χ0n) is 16.5. The second kappa shape index (κ2) is 10.3. The number of nitrogens with one attached hydrogen (secondary N) is 2. The smallest absolute Gasteiger partial charge is 0.412 e. The van der Waals surface area contributed by atoms with Gasteiger partial charge in [0.05, 0.1) is 6.54 Å². The molecule has 0 unspecified atom stereocenters. The molecule has 0 atom stereocenters. The Morgan fingerprint density at radius 3 is 2.74 bits per heavy atom. The van der Waals surface area contributed by atoms with Crippen molar-refractivity contribution in [3.8, 4) is 0 Å². The summed E-state index contributed by atoms with van der Waals surface area (Å²) in [6, 6.07) is 10.4. The Labute approximate surface area is 188 Å². The fourth-order valence-corrected chi connectivity index (χ4v) is 3.06. The van der Waals surface area contributed by atoms with E-state index in [4.69, 9.17) is 27.9 Å². The van der Waals surface area contributed by atoms with E-state index < -0.39 is 6.09 Å². The summed E-state index contributed by atoms with van der Waals surface area (Å²) in [6.07, 6.45) is 0.789. The molecule has 0 aliphatic heterocycles. The number of carbonyl (C=O) groups is 2. The number of carbonyl (C=O) groups excluding carboxylic acids is 2. The fraction of sp³-hybridized carbons (Fsp3) is 0.190. The molecule has 1 heterocycles. The Hall–Kier alpha value is -3.10. The van der Waals surface area contributed by atoms with Gasteiger partial charge in [0.1, 0.15) is 18.2 Å². The third-order valence-corrected chi connectivity index (χ3v) is 4.96. The summed E-state index contributed by atoms with van der Waals surface area (Å²) in [5, 5.41) is 7.55. The summed E-state index contributed by atoms with van der Waals surface area (Å²) in [5.41, 5.74) is 0.689. The van der Waals surface area contributed by atoms with E-state index in [9.17, 15) is 14.0 Å². The molecule has 10 heteroatoms. The van der Waals surface area contributed by atoms with E-state index >= 15 is 0 Å². The number of fused-ring (bicyclic) bond motifs is 1. The summed E-state index contributed by atoms with van der Waals surface area (Å²) in [6.45, 7) is 0.340. The van der Waals surface area contributed by atoms with Gasteiger partial charge in [0.15, 0.2) is 0 Å². The van der Waals surface area contributed by atoms with Crippen LogP contribution in [0.3, 0.4) is 0 Å². The molecule has 0 fully saturated rings. The number of pyridine rings is 1. The average molecular weight is 465 g/mol. The second-order valence-electron chi connectivity index (χ2n) is 6.64. The van der Waals surface area contributed by atoms with E-state index in [0.29, 0.717) is 21.0 Å². The van der Waals surface area contributed by atoms with Gasteiger partial charge in [0.25, 0.3) is 0 Å². The lowest BCUT2D eigenvalue weighted by Crippen LogP contribution is -2.39. The summed E-state index contributed by atoms with van der Waals surface area (Å²) in [4.78, 5) is 29.6. The number of urea groups is 1. The van der Waals surface area contributed by atoms with Crippen LogP contribution < -0.4 is 10.6 Å². The molecule has 3 aromatic rings. The molecule has 0 aliphatic rings. The SMILES string of the molecule is CN(CCOC(=O)Nc1cc2cc(F)ccc2cn1)C(=O)NCc1cc(Cl)ccc1Cl. The number of amides is 3. The highest BCUT2D eigenvalue weighted by Crippen LogP contribution is 2.20. The van der Waals surface area contributed by atoms with Crippen molar-refractivity contribution in [1.29, 1.82) is 0 Å².